The number of aromatic nitrogens is 4. The van der Waals surface area contributed by atoms with E-state index in [1.807, 2.05) is 24.3 Å². The van der Waals surface area contributed by atoms with Gasteiger partial charge in [-0.3, -0.25) is 4.79 Å². The number of fused-ring (bicyclic) bond motifs is 1. The zero-order valence-corrected chi connectivity index (χ0v) is 13.7. The molecule has 3 aromatic rings. The molecule has 1 amide bonds. The molecule has 0 aliphatic rings. The normalized spacial score (nSPS) is 10.7. The molecule has 0 aliphatic heterocycles. The van der Waals surface area contributed by atoms with Gasteiger partial charge in [0.1, 0.15) is 0 Å². The predicted octanol–water partition coefficient (Wildman–Crippen LogP) is 2.46. The topological polar surface area (TPSA) is 72.2 Å². The number of hydrogen-bond acceptors (Lipinski definition) is 5. The fraction of sp³-hybridized carbons (Fsp3) is 0.0769. The van der Waals surface area contributed by atoms with Crippen LogP contribution in [0.2, 0.25) is 0 Å². The van der Waals surface area contributed by atoms with Crippen molar-refractivity contribution in [2.75, 3.05) is 11.1 Å². The Balaban J connectivity index is 1.62. The number of carbonyl (C=O) groups excluding carboxylic acids is 1. The zero-order valence-electron chi connectivity index (χ0n) is 10.7. The van der Waals surface area contributed by atoms with Gasteiger partial charge in [0.2, 0.25) is 11.1 Å². The number of nitrogens with one attached hydrogen (secondary N) is 1. The van der Waals surface area contributed by atoms with Crippen LogP contribution in [0.15, 0.2) is 47.9 Å². The number of anilines is 1. The van der Waals surface area contributed by atoms with Gasteiger partial charge in [-0.05, 0) is 40.8 Å². The minimum absolute atomic E-state index is 0.0871. The lowest BCUT2D eigenvalue weighted by Gasteiger charge is -2.05. The van der Waals surface area contributed by atoms with Crippen molar-refractivity contribution in [3.63, 3.8) is 0 Å². The highest BCUT2D eigenvalue weighted by Crippen LogP contribution is 2.18. The largest absolute Gasteiger partial charge is 0.324 e. The molecule has 0 radical (unpaired) electrons. The van der Waals surface area contributed by atoms with Gasteiger partial charge in [0.15, 0.2) is 0 Å². The van der Waals surface area contributed by atoms with Gasteiger partial charge in [-0.25, -0.2) is 9.50 Å². The number of amides is 1. The van der Waals surface area contributed by atoms with Crippen LogP contribution in [-0.2, 0) is 4.79 Å². The van der Waals surface area contributed by atoms with Crippen LogP contribution >= 0.6 is 34.4 Å². The predicted molar refractivity (Wildman–Crippen MR) is 89.3 cm³/mol. The van der Waals surface area contributed by atoms with E-state index in [2.05, 4.69) is 43.0 Å². The second-order valence-corrected chi connectivity index (χ2v) is 6.18. The van der Waals surface area contributed by atoms with Crippen molar-refractivity contribution in [1.29, 1.82) is 0 Å². The molecule has 0 saturated heterocycles. The van der Waals surface area contributed by atoms with Crippen LogP contribution in [0.1, 0.15) is 0 Å². The lowest BCUT2D eigenvalue weighted by atomic mass is 10.3. The first-order valence-electron chi connectivity index (χ1n) is 6.07. The Morgan fingerprint density at radius 2 is 2.19 bits per heavy atom. The van der Waals surface area contributed by atoms with Gasteiger partial charge in [0.05, 0.1) is 11.4 Å². The van der Waals surface area contributed by atoms with E-state index in [0.717, 1.165) is 9.26 Å². The SMILES string of the molecule is O=C(CSc1nc2ncccn2n1)Nc1ccccc1I. The average Bonchev–Trinajstić information content (AvgIpc) is 2.90. The third kappa shape index (κ3) is 3.50. The molecule has 0 saturated carbocycles. The second-order valence-electron chi connectivity index (χ2n) is 4.08. The Bertz CT molecular complexity index is 758. The summed E-state index contributed by atoms with van der Waals surface area (Å²) in [4.78, 5) is 20.3. The fourth-order valence-corrected chi connectivity index (χ4v) is 2.80. The van der Waals surface area contributed by atoms with E-state index < -0.39 is 0 Å². The quantitative estimate of drug-likeness (QED) is 0.528. The minimum atomic E-state index is -0.0871. The number of rotatable bonds is 4. The number of nitrogens with zero attached hydrogens (tertiary/aromatic N) is 4. The van der Waals surface area contributed by atoms with Crippen molar-refractivity contribution in [3.8, 4) is 0 Å². The Hall–Kier alpha value is -1.68. The molecule has 1 N–H and O–H groups in total. The first-order valence-corrected chi connectivity index (χ1v) is 8.13. The highest BCUT2D eigenvalue weighted by atomic mass is 127. The van der Waals surface area contributed by atoms with Gasteiger partial charge in [0.25, 0.3) is 5.78 Å². The third-order valence-electron chi connectivity index (χ3n) is 2.58. The van der Waals surface area contributed by atoms with Gasteiger partial charge >= 0.3 is 0 Å². The molecule has 0 aliphatic carbocycles. The standard InChI is InChI=1S/C13H10IN5OS/c14-9-4-1-2-5-10(9)16-11(20)8-21-13-17-12-15-6-3-7-19(12)18-13/h1-7H,8H2,(H,16,20). The number of halogens is 1. The van der Waals surface area contributed by atoms with Crippen LogP contribution in [0.3, 0.4) is 0 Å². The van der Waals surface area contributed by atoms with Crippen LogP contribution in [0.5, 0.6) is 0 Å². The lowest BCUT2D eigenvalue weighted by Crippen LogP contribution is -2.14. The summed E-state index contributed by atoms with van der Waals surface area (Å²) in [5, 5.41) is 7.64. The van der Waals surface area contributed by atoms with Gasteiger partial charge in [-0.1, -0.05) is 23.9 Å². The molecular weight excluding hydrogens is 401 g/mol. The summed E-state index contributed by atoms with van der Waals surface area (Å²) in [5.41, 5.74) is 0.813. The van der Waals surface area contributed by atoms with E-state index >= 15 is 0 Å². The minimum Gasteiger partial charge on any atom is -0.324 e. The van der Waals surface area contributed by atoms with Crippen molar-refractivity contribution in [1.82, 2.24) is 19.6 Å². The van der Waals surface area contributed by atoms with Crippen molar-refractivity contribution in [2.45, 2.75) is 5.16 Å². The lowest BCUT2D eigenvalue weighted by molar-refractivity contribution is -0.113. The van der Waals surface area contributed by atoms with Crippen LogP contribution in [0.4, 0.5) is 5.69 Å². The summed E-state index contributed by atoms with van der Waals surface area (Å²) in [6.07, 6.45) is 3.42. The number of thioether (sulfide) groups is 1. The highest BCUT2D eigenvalue weighted by molar-refractivity contribution is 14.1. The molecule has 106 valence electrons. The molecule has 0 fully saturated rings. The summed E-state index contributed by atoms with van der Waals surface area (Å²) in [5.74, 6) is 0.691. The molecule has 1 aromatic carbocycles. The molecule has 0 spiro atoms. The summed E-state index contributed by atoms with van der Waals surface area (Å²) in [6.45, 7) is 0. The molecule has 2 heterocycles. The molecule has 2 aromatic heterocycles. The number of hydrogen-bond donors (Lipinski definition) is 1. The first-order chi connectivity index (χ1) is 10.2. The molecule has 3 rings (SSSR count). The monoisotopic (exact) mass is 411 g/mol. The smallest absolute Gasteiger partial charge is 0.253 e. The molecule has 0 bridgehead atoms. The highest BCUT2D eigenvalue weighted by Gasteiger charge is 2.09. The maximum Gasteiger partial charge on any atom is 0.253 e. The number of para-hydroxylation sites is 1. The Morgan fingerprint density at radius 3 is 3.00 bits per heavy atom. The number of benzene rings is 1. The van der Waals surface area contributed by atoms with Crippen molar-refractivity contribution < 1.29 is 4.79 Å². The van der Waals surface area contributed by atoms with E-state index in [1.165, 1.54) is 11.8 Å². The van der Waals surface area contributed by atoms with Crippen LogP contribution in [0, 0.1) is 3.57 Å². The van der Waals surface area contributed by atoms with Crippen LogP contribution in [-0.4, -0.2) is 31.2 Å². The van der Waals surface area contributed by atoms with Crippen LogP contribution in [0.25, 0.3) is 5.78 Å². The fourth-order valence-electron chi connectivity index (χ4n) is 1.65. The van der Waals surface area contributed by atoms with Crippen molar-refractivity contribution in [3.05, 3.63) is 46.3 Å². The van der Waals surface area contributed by atoms with E-state index in [-0.39, 0.29) is 11.7 Å². The van der Waals surface area contributed by atoms with Gasteiger partial charge in [0, 0.05) is 16.0 Å². The van der Waals surface area contributed by atoms with Crippen molar-refractivity contribution >= 4 is 51.7 Å². The molecule has 0 atom stereocenters. The number of carbonyl (C=O) groups is 1. The second kappa shape index (κ2) is 6.39. The zero-order chi connectivity index (χ0) is 14.7. The molecule has 0 unspecified atom stereocenters. The summed E-state index contributed by atoms with van der Waals surface area (Å²) in [7, 11) is 0. The molecule has 6 nitrogen and oxygen atoms in total. The Morgan fingerprint density at radius 1 is 1.33 bits per heavy atom. The molecule has 21 heavy (non-hydrogen) atoms. The van der Waals surface area contributed by atoms with E-state index in [0.29, 0.717) is 10.9 Å². The van der Waals surface area contributed by atoms with Crippen molar-refractivity contribution in [2.24, 2.45) is 0 Å². The van der Waals surface area contributed by atoms with Crippen LogP contribution < -0.4 is 5.32 Å². The maximum absolute atomic E-state index is 11.9. The first kappa shape index (κ1) is 14.3. The van der Waals surface area contributed by atoms with Gasteiger partial charge < -0.3 is 5.32 Å². The maximum atomic E-state index is 11.9. The summed E-state index contributed by atoms with van der Waals surface area (Å²) in [6, 6.07) is 9.41. The Kier molecular flexibility index (Phi) is 4.34. The van der Waals surface area contributed by atoms with E-state index in [4.69, 9.17) is 0 Å². The Labute approximate surface area is 138 Å². The van der Waals surface area contributed by atoms with Gasteiger partial charge in [-0.2, -0.15) is 4.98 Å². The summed E-state index contributed by atoms with van der Waals surface area (Å²) < 4.78 is 2.59. The molecular formula is C13H10IN5OS. The average molecular weight is 411 g/mol. The van der Waals surface area contributed by atoms with E-state index in [9.17, 15) is 4.79 Å². The summed E-state index contributed by atoms with van der Waals surface area (Å²) >= 11 is 3.47. The third-order valence-corrected chi connectivity index (χ3v) is 4.36. The molecule has 8 heteroatoms. The van der Waals surface area contributed by atoms with E-state index in [1.54, 1.807) is 23.0 Å². The van der Waals surface area contributed by atoms with Gasteiger partial charge in [-0.15, -0.1) is 5.10 Å².